The Morgan fingerprint density at radius 3 is 3.00 bits per heavy atom. The zero-order valence-corrected chi connectivity index (χ0v) is 7.84. The van der Waals surface area contributed by atoms with Gasteiger partial charge in [-0.15, -0.1) is 0 Å². The van der Waals surface area contributed by atoms with Gasteiger partial charge >= 0.3 is 0 Å². The van der Waals surface area contributed by atoms with Crippen molar-refractivity contribution in [3.63, 3.8) is 0 Å². The Bertz CT molecular complexity index is 198. The minimum atomic E-state index is 0.197. The minimum absolute atomic E-state index is 0.197. The molecule has 66 valence electrons. The van der Waals surface area contributed by atoms with E-state index in [0.717, 1.165) is 12.8 Å². The average Bonchev–Trinajstić information content (AvgIpc) is 2.35. The summed E-state index contributed by atoms with van der Waals surface area (Å²) in [6, 6.07) is 2.38. The Labute approximate surface area is 75.1 Å². The Balaban J connectivity index is 2.58. The van der Waals surface area contributed by atoms with Gasteiger partial charge in [-0.1, -0.05) is 25.0 Å². The van der Waals surface area contributed by atoms with Gasteiger partial charge in [0.15, 0.2) is 0 Å². The molecule has 1 nitrogen and oxygen atoms in total. The van der Waals surface area contributed by atoms with Crippen LogP contribution in [0.25, 0.3) is 0 Å². The predicted octanol–water partition coefficient (Wildman–Crippen LogP) is 3.43. The summed E-state index contributed by atoms with van der Waals surface area (Å²) in [7, 11) is 0. The molecule has 1 rings (SSSR count). The summed E-state index contributed by atoms with van der Waals surface area (Å²) < 4.78 is 0. The second-order valence-electron chi connectivity index (χ2n) is 3.47. The van der Waals surface area contributed by atoms with Crippen molar-refractivity contribution < 1.29 is 0 Å². The third kappa shape index (κ3) is 2.37. The molecule has 1 heteroatoms. The van der Waals surface area contributed by atoms with Crippen LogP contribution < -0.4 is 0 Å². The maximum absolute atomic E-state index is 8.88. The van der Waals surface area contributed by atoms with E-state index < -0.39 is 0 Å². The smallest absolute Gasteiger partial charge is 0.0700 e. The molecule has 0 aromatic rings. The topological polar surface area (TPSA) is 23.8 Å². The molecule has 0 spiro atoms. The lowest BCUT2D eigenvalue weighted by atomic mass is 9.94. The molecule has 0 fully saturated rings. The van der Waals surface area contributed by atoms with Crippen molar-refractivity contribution in [2.75, 3.05) is 0 Å². The normalized spacial score (nSPS) is 20.5. The van der Waals surface area contributed by atoms with E-state index in [2.05, 4.69) is 19.1 Å². The number of hydrogen-bond donors (Lipinski definition) is 0. The van der Waals surface area contributed by atoms with Crippen molar-refractivity contribution in [1.29, 1.82) is 5.26 Å². The first-order chi connectivity index (χ1) is 5.88. The first kappa shape index (κ1) is 9.32. The summed E-state index contributed by atoms with van der Waals surface area (Å²) >= 11 is 0. The van der Waals surface area contributed by atoms with Crippen molar-refractivity contribution in [2.45, 2.75) is 45.4 Å². The molecule has 1 atom stereocenters. The minimum Gasteiger partial charge on any atom is -0.198 e. The van der Waals surface area contributed by atoms with Crippen molar-refractivity contribution in [2.24, 2.45) is 5.92 Å². The molecule has 1 aliphatic rings. The standard InChI is InChI=1S/C11H17N/c1-2-10(9-12)11-7-5-3-4-6-8-11/h7,10H,2-6,8H2,1H3/t10-/m1/s1. The van der Waals surface area contributed by atoms with Gasteiger partial charge in [-0.3, -0.25) is 0 Å². The third-order valence-corrected chi connectivity index (χ3v) is 2.59. The van der Waals surface area contributed by atoms with Gasteiger partial charge in [-0.25, -0.2) is 0 Å². The van der Waals surface area contributed by atoms with Crippen molar-refractivity contribution in [3.05, 3.63) is 11.6 Å². The fourth-order valence-electron chi connectivity index (χ4n) is 1.79. The van der Waals surface area contributed by atoms with Crippen LogP contribution >= 0.6 is 0 Å². The molecular weight excluding hydrogens is 146 g/mol. The van der Waals surface area contributed by atoms with E-state index >= 15 is 0 Å². The molecule has 0 unspecified atom stereocenters. The van der Waals surface area contributed by atoms with E-state index in [0.29, 0.717) is 0 Å². The number of nitriles is 1. The molecule has 0 amide bonds. The fraction of sp³-hybridized carbons (Fsp3) is 0.727. The molecule has 0 radical (unpaired) electrons. The van der Waals surface area contributed by atoms with E-state index in [4.69, 9.17) is 5.26 Å². The first-order valence-corrected chi connectivity index (χ1v) is 4.97. The van der Waals surface area contributed by atoms with Crippen LogP contribution in [0.15, 0.2) is 11.6 Å². The Kier molecular flexibility index (Phi) is 3.87. The predicted molar refractivity (Wildman–Crippen MR) is 50.6 cm³/mol. The van der Waals surface area contributed by atoms with Gasteiger partial charge in [0.25, 0.3) is 0 Å². The van der Waals surface area contributed by atoms with Gasteiger partial charge in [-0.2, -0.15) is 5.26 Å². The molecule has 0 N–H and O–H groups in total. The van der Waals surface area contributed by atoms with Gasteiger partial charge in [-0.05, 0) is 32.1 Å². The van der Waals surface area contributed by atoms with Gasteiger partial charge in [0, 0.05) is 0 Å². The van der Waals surface area contributed by atoms with Crippen molar-refractivity contribution in [1.82, 2.24) is 0 Å². The van der Waals surface area contributed by atoms with Gasteiger partial charge in [0.05, 0.1) is 12.0 Å². The highest BCUT2D eigenvalue weighted by molar-refractivity contribution is 5.14. The van der Waals surface area contributed by atoms with Crippen LogP contribution in [0.4, 0.5) is 0 Å². The van der Waals surface area contributed by atoms with E-state index in [-0.39, 0.29) is 5.92 Å². The average molecular weight is 163 g/mol. The maximum atomic E-state index is 8.88. The van der Waals surface area contributed by atoms with Crippen LogP contribution in [0.1, 0.15) is 45.4 Å². The summed E-state index contributed by atoms with van der Waals surface area (Å²) in [5.41, 5.74) is 1.40. The summed E-state index contributed by atoms with van der Waals surface area (Å²) in [6.45, 7) is 2.10. The monoisotopic (exact) mass is 163 g/mol. The van der Waals surface area contributed by atoms with Crippen LogP contribution in [0, 0.1) is 17.2 Å². The lowest BCUT2D eigenvalue weighted by Crippen LogP contribution is -1.99. The maximum Gasteiger partial charge on any atom is 0.0700 e. The Hall–Kier alpha value is -0.770. The molecule has 0 saturated heterocycles. The zero-order valence-electron chi connectivity index (χ0n) is 7.84. The fourth-order valence-corrected chi connectivity index (χ4v) is 1.79. The number of hydrogen-bond acceptors (Lipinski definition) is 1. The van der Waals surface area contributed by atoms with Crippen LogP contribution in [0.3, 0.4) is 0 Å². The quantitative estimate of drug-likeness (QED) is 0.572. The number of allylic oxidation sites excluding steroid dienone is 2. The lowest BCUT2D eigenvalue weighted by Gasteiger charge is -2.09. The molecule has 0 aliphatic heterocycles. The van der Waals surface area contributed by atoms with Crippen LogP contribution in [0.5, 0.6) is 0 Å². The van der Waals surface area contributed by atoms with E-state index in [1.165, 1.54) is 31.3 Å². The van der Waals surface area contributed by atoms with Crippen molar-refractivity contribution in [3.8, 4) is 6.07 Å². The molecule has 12 heavy (non-hydrogen) atoms. The van der Waals surface area contributed by atoms with Crippen molar-refractivity contribution >= 4 is 0 Å². The SMILES string of the molecule is CC[C@H](C#N)C1=CCCCCC1. The zero-order chi connectivity index (χ0) is 8.81. The number of rotatable bonds is 2. The first-order valence-electron chi connectivity index (χ1n) is 4.97. The second-order valence-corrected chi connectivity index (χ2v) is 3.47. The van der Waals surface area contributed by atoms with Gasteiger partial charge in [0.2, 0.25) is 0 Å². The molecular formula is C11H17N. The third-order valence-electron chi connectivity index (χ3n) is 2.59. The van der Waals surface area contributed by atoms with E-state index in [1.54, 1.807) is 0 Å². The molecule has 1 aliphatic carbocycles. The highest BCUT2D eigenvalue weighted by Crippen LogP contribution is 2.24. The highest BCUT2D eigenvalue weighted by atomic mass is 14.3. The summed E-state index contributed by atoms with van der Waals surface area (Å²) in [6.07, 6.45) is 9.55. The number of nitrogens with zero attached hydrogens (tertiary/aromatic N) is 1. The molecule has 0 aromatic carbocycles. The van der Waals surface area contributed by atoms with Crippen LogP contribution in [-0.4, -0.2) is 0 Å². The summed E-state index contributed by atoms with van der Waals surface area (Å²) in [5, 5.41) is 8.88. The molecule has 0 saturated carbocycles. The highest BCUT2D eigenvalue weighted by Gasteiger charge is 2.12. The lowest BCUT2D eigenvalue weighted by molar-refractivity contribution is 0.660. The molecule has 0 bridgehead atoms. The molecule has 0 aromatic heterocycles. The Morgan fingerprint density at radius 1 is 1.50 bits per heavy atom. The van der Waals surface area contributed by atoms with E-state index in [9.17, 15) is 0 Å². The Morgan fingerprint density at radius 2 is 2.33 bits per heavy atom. The molecule has 0 heterocycles. The van der Waals surface area contributed by atoms with Gasteiger partial charge in [0.1, 0.15) is 0 Å². The van der Waals surface area contributed by atoms with Gasteiger partial charge < -0.3 is 0 Å². The second kappa shape index (κ2) is 4.98. The van der Waals surface area contributed by atoms with Crippen LogP contribution in [0.2, 0.25) is 0 Å². The summed E-state index contributed by atoms with van der Waals surface area (Å²) in [4.78, 5) is 0. The largest absolute Gasteiger partial charge is 0.198 e. The van der Waals surface area contributed by atoms with E-state index in [1.807, 2.05) is 0 Å². The van der Waals surface area contributed by atoms with Crippen LogP contribution in [-0.2, 0) is 0 Å². The summed E-state index contributed by atoms with van der Waals surface area (Å²) in [5.74, 6) is 0.197.